The van der Waals surface area contributed by atoms with Crippen LogP contribution < -0.4 is 5.43 Å². The van der Waals surface area contributed by atoms with Crippen LogP contribution in [0.4, 0.5) is 4.39 Å². The summed E-state index contributed by atoms with van der Waals surface area (Å²) in [6, 6.07) is 3.70. The number of amides is 1. The van der Waals surface area contributed by atoms with Crippen LogP contribution in [-0.4, -0.2) is 23.7 Å². The van der Waals surface area contributed by atoms with E-state index in [0.717, 1.165) is 30.5 Å². The lowest BCUT2D eigenvalue weighted by Gasteiger charge is -2.13. The second kappa shape index (κ2) is 4.67. The van der Waals surface area contributed by atoms with E-state index >= 15 is 0 Å². The smallest absolute Gasteiger partial charge is 0.269 e. The van der Waals surface area contributed by atoms with Gasteiger partial charge in [0.05, 0.1) is 12.1 Å². The predicted octanol–water partition coefficient (Wildman–Crippen LogP) is 0.829. The van der Waals surface area contributed by atoms with Crippen molar-refractivity contribution < 1.29 is 27.1 Å². The van der Waals surface area contributed by atoms with Gasteiger partial charge in [0.15, 0.2) is 5.75 Å². The molecule has 22 heavy (non-hydrogen) atoms. The summed E-state index contributed by atoms with van der Waals surface area (Å²) < 4.78 is 43.1. The molecular formula is C13H8FNO6S. The second-order valence-electron chi connectivity index (χ2n) is 4.55. The number of fused-ring (bicyclic) bond motifs is 1. The van der Waals surface area contributed by atoms with Gasteiger partial charge in [0, 0.05) is 6.07 Å². The molecule has 9 heteroatoms. The Kier molecular flexibility index (Phi) is 3.03. The first-order chi connectivity index (χ1) is 10.3. The van der Waals surface area contributed by atoms with Crippen LogP contribution in [0, 0.1) is 5.82 Å². The first-order valence-corrected chi connectivity index (χ1v) is 7.42. The summed E-state index contributed by atoms with van der Waals surface area (Å²) in [5.74, 6) is -2.39. The maximum Gasteiger partial charge on any atom is 0.269 e. The number of sulfonamides is 1. The fourth-order valence-corrected chi connectivity index (χ4v) is 3.62. The highest BCUT2D eigenvalue weighted by Gasteiger charge is 2.41. The van der Waals surface area contributed by atoms with Crippen molar-refractivity contribution in [3.05, 3.63) is 57.9 Å². The van der Waals surface area contributed by atoms with E-state index < -0.39 is 44.4 Å². The first-order valence-electron chi connectivity index (χ1n) is 5.98. The molecule has 0 spiro atoms. The lowest BCUT2D eigenvalue weighted by atomic mass is 10.2. The number of hydrogen-bond acceptors (Lipinski definition) is 6. The number of carbonyl (C=O) groups excluding carboxylic acids is 1. The summed E-state index contributed by atoms with van der Waals surface area (Å²) in [7, 11) is -4.22. The van der Waals surface area contributed by atoms with E-state index in [9.17, 15) is 22.4 Å². The molecule has 1 aromatic heterocycles. The average Bonchev–Trinajstić information content (AvgIpc) is 2.64. The third-order valence-corrected chi connectivity index (χ3v) is 4.90. The topological polar surface area (TPSA) is 105 Å². The molecule has 114 valence electrons. The number of aromatic hydroxyl groups is 1. The molecule has 0 bridgehead atoms. The SMILES string of the molecule is O=C1c2ccc(F)cc2S(=O)(=O)N1Cc1cc(=O)c(O)co1. The molecule has 0 radical (unpaired) electrons. The molecular weight excluding hydrogens is 317 g/mol. The van der Waals surface area contributed by atoms with Gasteiger partial charge >= 0.3 is 0 Å². The maximum absolute atomic E-state index is 13.2. The molecule has 0 aliphatic carbocycles. The van der Waals surface area contributed by atoms with Crippen LogP contribution >= 0.6 is 0 Å². The zero-order chi connectivity index (χ0) is 16.1. The highest BCUT2D eigenvalue weighted by Crippen LogP contribution is 2.31. The van der Waals surface area contributed by atoms with Crippen molar-refractivity contribution in [2.75, 3.05) is 0 Å². The van der Waals surface area contributed by atoms with Crippen molar-refractivity contribution >= 4 is 15.9 Å². The van der Waals surface area contributed by atoms with Crippen LogP contribution in [0.2, 0.25) is 0 Å². The van der Waals surface area contributed by atoms with Crippen LogP contribution in [-0.2, 0) is 16.6 Å². The van der Waals surface area contributed by atoms with Crippen molar-refractivity contribution in [2.45, 2.75) is 11.4 Å². The van der Waals surface area contributed by atoms with Gasteiger partial charge in [-0.05, 0) is 18.2 Å². The molecule has 2 aromatic rings. The molecule has 0 saturated carbocycles. The Morgan fingerprint density at radius 2 is 1.95 bits per heavy atom. The van der Waals surface area contributed by atoms with E-state index in [2.05, 4.69) is 0 Å². The highest BCUT2D eigenvalue weighted by molar-refractivity contribution is 7.90. The van der Waals surface area contributed by atoms with E-state index in [1.54, 1.807) is 0 Å². The quantitative estimate of drug-likeness (QED) is 0.877. The molecule has 7 nitrogen and oxygen atoms in total. The Morgan fingerprint density at radius 3 is 2.64 bits per heavy atom. The third-order valence-electron chi connectivity index (χ3n) is 3.13. The molecule has 0 unspecified atom stereocenters. The molecule has 2 heterocycles. The molecule has 3 rings (SSSR count). The Bertz CT molecular complexity index is 949. The molecule has 1 aliphatic heterocycles. The summed E-state index contributed by atoms with van der Waals surface area (Å²) in [5, 5.41) is 9.09. The number of nitrogens with zero attached hydrogens (tertiary/aromatic N) is 1. The zero-order valence-electron chi connectivity index (χ0n) is 10.8. The first kappa shape index (κ1) is 14.3. The Labute approximate surface area is 123 Å². The number of benzene rings is 1. The summed E-state index contributed by atoms with van der Waals surface area (Å²) in [6.07, 6.45) is 0.748. The molecule has 1 amide bonds. The molecule has 1 aromatic carbocycles. The predicted molar refractivity (Wildman–Crippen MR) is 70.1 cm³/mol. The standard InChI is InChI=1S/C13H8FNO6S/c14-7-1-2-9-12(3-7)22(19,20)15(13(9)18)5-8-4-10(16)11(17)6-21-8/h1-4,6,17H,5H2. The minimum Gasteiger partial charge on any atom is -0.502 e. The number of rotatable bonds is 2. The third kappa shape index (κ3) is 2.06. The van der Waals surface area contributed by atoms with Gasteiger partial charge in [-0.3, -0.25) is 9.59 Å². The van der Waals surface area contributed by atoms with Crippen LogP contribution in [0.5, 0.6) is 5.75 Å². The van der Waals surface area contributed by atoms with Gasteiger partial charge < -0.3 is 9.52 Å². The number of carbonyl (C=O) groups is 1. The summed E-state index contributed by atoms with van der Waals surface area (Å²) in [6.45, 7) is -0.535. The monoisotopic (exact) mass is 325 g/mol. The fraction of sp³-hybridized carbons (Fsp3) is 0.0769. The summed E-state index contributed by atoms with van der Waals surface area (Å²) >= 11 is 0. The van der Waals surface area contributed by atoms with E-state index in [1.807, 2.05) is 0 Å². The maximum atomic E-state index is 13.2. The Balaban J connectivity index is 2.04. The van der Waals surface area contributed by atoms with E-state index in [1.165, 1.54) is 0 Å². The zero-order valence-corrected chi connectivity index (χ0v) is 11.6. The van der Waals surface area contributed by atoms with Crippen LogP contribution in [0.15, 0.2) is 44.6 Å². The van der Waals surface area contributed by atoms with Gasteiger partial charge in [0.1, 0.15) is 22.7 Å². The van der Waals surface area contributed by atoms with Crippen molar-refractivity contribution in [1.82, 2.24) is 4.31 Å². The lowest BCUT2D eigenvalue weighted by molar-refractivity contribution is 0.0858. The fourth-order valence-electron chi connectivity index (χ4n) is 2.07. The normalized spacial score (nSPS) is 15.9. The lowest BCUT2D eigenvalue weighted by Crippen LogP contribution is -2.29. The van der Waals surface area contributed by atoms with Crippen LogP contribution in [0.3, 0.4) is 0 Å². The molecule has 0 fully saturated rings. The van der Waals surface area contributed by atoms with Crippen molar-refractivity contribution in [1.29, 1.82) is 0 Å². The number of hydrogen-bond donors (Lipinski definition) is 1. The average molecular weight is 325 g/mol. The van der Waals surface area contributed by atoms with Gasteiger partial charge in [0.2, 0.25) is 5.43 Å². The Hall–Kier alpha value is -2.68. The summed E-state index contributed by atoms with van der Waals surface area (Å²) in [4.78, 5) is 23.0. The van der Waals surface area contributed by atoms with Gasteiger partial charge in [-0.1, -0.05) is 0 Å². The number of halogens is 1. The second-order valence-corrected chi connectivity index (χ2v) is 6.38. The van der Waals surface area contributed by atoms with Gasteiger partial charge in [-0.15, -0.1) is 0 Å². The van der Waals surface area contributed by atoms with Crippen molar-refractivity contribution in [3.63, 3.8) is 0 Å². The van der Waals surface area contributed by atoms with E-state index in [-0.39, 0.29) is 11.3 Å². The van der Waals surface area contributed by atoms with Gasteiger partial charge in [0.25, 0.3) is 15.9 Å². The Morgan fingerprint density at radius 1 is 1.23 bits per heavy atom. The molecule has 0 saturated heterocycles. The van der Waals surface area contributed by atoms with Gasteiger partial charge in [-0.2, -0.15) is 0 Å². The largest absolute Gasteiger partial charge is 0.502 e. The van der Waals surface area contributed by atoms with E-state index in [4.69, 9.17) is 9.52 Å². The van der Waals surface area contributed by atoms with Crippen LogP contribution in [0.1, 0.15) is 16.1 Å². The summed E-state index contributed by atoms with van der Waals surface area (Å²) in [5.41, 5.74) is -0.920. The van der Waals surface area contributed by atoms with Crippen molar-refractivity contribution in [3.8, 4) is 5.75 Å². The van der Waals surface area contributed by atoms with E-state index in [0.29, 0.717) is 4.31 Å². The van der Waals surface area contributed by atoms with Crippen LogP contribution in [0.25, 0.3) is 0 Å². The highest BCUT2D eigenvalue weighted by atomic mass is 32.2. The molecule has 1 aliphatic rings. The molecule has 1 N–H and O–H groups in total. The van der Waals surface area contributed by atoms with Gasteiger partial charge in [-0.25, -0.2) is 17.1 Å². The minimum absolute atomic E-state index is 0.131. The molecule has 0 atom stereocenters. The minimum atomic E-state index is -4.22. The van der Waals surface area contributed by atoms with Crippen molar-refractivity contribution in [2.24, 2.45) is 0 Å².